The molecule has 0 N–H and O–H groups in total. The van der Waals surface area contributed by atoms with Crippen molar-refractivity contribution in [1.82, 2.24) is 0 Å². The van der Waals surface area contributed by atoms with E-state index in [1.165, 1.54) is 0 Å². The van der Waals surface area contributed by atoms with Crippen LogP contribution in [0.1, 0.15) is 37.4 Å². The highest BCUT2D eigenvalue weighted by Crippen LogP contribution is 2.34. The van der Waals surface area contributed by atoms with Gasteiger partial charge in [0.05, 0.1) is 5.57 Å². The molecule has 0 aromatic heterocycles. The van der Waals surface area contributed by atoms with Crippen molar-refractivity contribution in [3.63, 3.8) is 0 Å². The Kier molecular flexibility index (Phi) is 3.26. The molecule has 0 saturated heterocycles. The number of hydrogen-bond donors (Lipinski definition) is 0. The second kappa shape index (κ2) is 4.97. The molecular formula is C18H13ClO2. The Morgan fingerprint density at radius 3 is 2.05 bits per heavy atom. The van der Waals surface area contributed by atoms with Gasteiger partial charge in [-0.05, 0) is 30.5 Å². The number of carbonyl (C=O) groups is 2. The monoisotopic (exact) mass is 296 g/mol. The lowest BCUT2D eigenvalue weighted by Crippen LogP contribution is -2.19. The van der Waals surface area contributed by atoms with Crippen LogP contribution in [0.4, 0.5) is 0 Å². The quantitative estimate of drug-likeness (QED) is 0.785. The van der Waals surface area contributed by atoms with Crippen molar-refractivity contribution >= 4 is 28.7 Å². The van der Waals surface area contributed by atoms with E-state index in [4.69, 9.17) is 11.6 Å². The maximum Gasteiger partial charge on any atom is 0.205 e. The van der Waals surface area contributed by atoms with Crippen molar-refractivity contribution in [2.45, 2.75) is 13.8 Å². The zero-order valence-corrected chi connectivity index (χ0v) is 12.5. The highest BCUT2D eigenvalue weighted by molar-refractivity contribution is 6.56. The first-order valence-electron chi connectivity index (χ1n) is 6.66. The SMILES string of the molecule is Cc1ccc(C2=C(Cl)C(=O)c3ccccc3C2=O)cc1C. The van der Waals surface area contributed by atoms with Crippen molar-refractivity contribution in [2.24, 2.45) is 0 Å². The Balaban J connectivity index is 2.23. The maximum absolute atomic E-state index is 12.7. The minimum absolute atomic E-state index is 0.00181. The van der Waals surface area contributed by atoms with Crippen LogP contribution in [0.5, 0.6) is 0 Å². The number of halogens is 1. The summed E-state index contributed by atoms with van der Waals surface area (Å²) in [5.41, 5.74) is 3.97. The van der Waals surface area contributed by atoms with Gasteiger partial charge in [-0.25, -0.2) is 0 Å². The third kappa shape index (κ3) is 2.12. The van der Waals surface area contributed by atoms with E-state index in [-0.39, 0.29) is 16.6 Å². The van der Waals surface area contributed by atoms with Crippen LogP contribution in [0.3, 0.4) is 0 Å². The van der Waals surface area contributed by atoms with E-state index in [1.54, 1.807) is 24.3 Å². The number of Topliss-reactive ketones (excluding diaryl/α,β-unsaturated/α-hetero) is 2. The highest BCUT2D eigenvalue weighted by Gasteiger charge is 2.31. The summed E-state index contributed by atoms with van der Waals surface area (Å²) < 4.78 is 0. The van der Waals surface area contributed by atoms with Crippen molar-refractivity contribution in [1.29, 1.82) is 0 Å². The molecule has 0 bridgehead atoms. The fourth-order valence-corrected chi connectivity index (χ4v) is 2.80. The van der Waals surface area contributed by atoms with Gasteiger partial charge in [-0.3, -0.25) is 9.59 Å². The van der Waals surface area contributed by atoms with Gasteiger partial charge in [-0.15, -0.1) is 0 Å². The first kappa shape index (κ1) is 13.8. The molecule has 21 heavy (non-hydrogen) atoms. The molecular weight excluding hydrogens is 284 g/mol. The molecule has 0 atom stereocenters. The van der Waals surface area contributed by atoms with Gasteiger partial charge >= 0.3 is 0 Å². The third-order valence-electron chi connectivity index (χ3n) is 3.86. The first-order valence-corrected chi connectivity index (χ1v) is 7.04. The van der Waals surface area contributed by atoms with Gasteiger partial charge in [-0.2, -0.15) is 0 Å². The Bertz CT molecular complexity index is 816. The molecule has 104 valence electrons. The molecule has 2 aromatic rings. The minimum atomic E-state index is -0.292. The number of hydrogen-bond acceptors (Lipinski definition) is 2. The Morgan fingerprint density at radius 2 is 1.43 bits per heavy atom. The lowest BCUT2D eigenvalue weighted by atomic mass is 9.85. The number of aryl methyl sites for hydroxylation is 2. The van der Waals surface area contributed by atoms with E-state index < -0.39 is 0 Å². The molecule has 0 spiro atoms. The number of rotatable bonds is 1. The Morgan fingerprint density at radius 1 is 0.810 bits per heavy atom. The topological polar surface area (TPSA) is 34.1 Å². The molecule has 1 aliphatic carbocycles. The van der Waals surface area contributed by atoms with Crippen LogP contribution in [-0.2, 0) is 0 Å². The van der Waals surface area contributed by atoms with Crippen molar-refractivity contribution in [3.8, 4) is 0 Å². The molecule has 2 aromatic carbocycles. The predicted octanol–water partition coefficient (Wildman–Crippen LogP) is 4.33. The summed E-state index contributed by atoms with van der Waals surface area (Å²) in [6.45, 7) is 3.97. The molecule has 1 aliphatic rings. The summed E-state index contributed by atoms with van der Waals surface area (Å²) in [6, 6.07) is 12.4. The molecule has 2 nitrogen and oxygen atoms in total. The van der Waals surface area contributed by atoms with Gasteiger partial charge in [0, 0.05) is 11.1 Å². The predicted molar refractivity (Wildman–Crippen MR) is 83.8 cm³/mol. The number of carbonyl (C=O) groups excluding carboxylic acids is 2. The summed E-state index contributed by atoms with van der Waals surface area (Å²) in [7, 11) is 0. The van der Waals surface area contributed by atoms with Crippen LogP contribution in [0.25, 0.3) is 5.57 Å². The van der Waals surface area contributed by atoms with E-state index >= 15 is 0 Å². The summed E-state index contributed by atoms with van der Waals surface area (Å²) in [5, 5.41) is 0.00181. The smallest absolute Gasteiger partial charge is 0.205 e. The van der Waals surface area contributed by atoms with E-state index in [0.29, 0.717) is 22.3 Å². The van der Waals surface area contributed by atoms with Crippen molar-refractivity contribution in [3.05, 3.63) is 75.3 Å². The van der Waals surface area contributed by atoms with Crippen LogP contribution >= 0.6 is 11.6 Å². The van der Waals surface area contributed by atoms with Gasteiger partial charge in [0.15, 0.2) is 5.78 Å². The molecule has 0 radical (unpaired) electrons. The third-order valence-corrected chi connectivity index (χ3v) is 4.22. The molecule has 0 heterocycles. The average Bonchev–Trinajstić information content (AvgIpc) is 2.49. The van der Waals surface area contributed by atoms with Gasteiger partial charge in [-0.1, -0.05) is 54.1 Å². The first-order chi connectivity index (χ1) is 10.0. The van der Waals surface area contributed by atoms with E-state index in [1.807, 2.05) is 32.0 Å². The van der Waals surface area contributed by atoms with E-state index in [2.05, 4.69) is 0 Å². The minimum Gasteiger partial charge on any atom is -0.289 e. The van der Waals surface area contributed by atoms with Gasteiger partial charge in [0.1, 0.15) is 5.03 Å². The standard InChI is InChI=1S/C18H13ClO2/c1-10-7-8-12(9-11(10)2)15-16(19)18(21)14-6-4-3-5-13(14)17(15)20/h3-9H,1-2H3. The maximum atomic E-state index is 12.7. The van der Waals surface area contributed by atoms with Crippen molar-refractivity contribution < 1.29 is 9.59 Å². The lowest BCUT2D eigenvalue weighted by Gasteiger charge is -2.18. The van der Waals surface area contributed by atoms with Crippen molar-refractivity contribution in [2.75, 3.05) is 0 Å². The number of allylic oxidation sites excluding steroid dienone is 2. The zero-order chi connectivity index (χ0) is 15.1. The second-order valence-corrected chi connectivity index (χ2v) is 5.57. The fourth-order valence-electron chi connectivity index (χ4n) is 2.50. The molecule has 3 rings (SSSR count). The normalized spacial score (nSPS) is 14.4. The summed E-state index contributed by atoms with van der Waals surface area (Å²) in [4.78, 5) is 25.0. The van der Waals surface area contributed by atoms with Gasteiger partial charge in [0.2, 0.25) is 5.78 Å². The molecule has 3 heteroatoms. The fraction of sp³-hybridized carbons (Fsp3) is 0.111. The number of fused-ring (bicyclic) bond motifs is 1. The van der Waals surface area contributed by atoms with E-state index in [0.717, 1.165) is 11.1 Å². The van der Waals surface area contributed by atoms with Crippen LogP contribution in [0.15, 0.2) is 47.5 Å². The number of benzene rings is 2. The van der Waals surface area contributed by atoms with Gasteiger partial charge in [0.25, 0.3) is 0 Å². The largest absolute Gasteiger partial charge is 0.289 e. The second-order valence-electron chi connectivity index (χ2n) is 5.19. The number of ketones is 2. The van der Waals surface area contributed by atoms with Crippen LogP contribution in [0.2, 0.25) is 0 Å². The zero-order valence-electron chi connectivity index (χ0n) is 11.7. The van der Waals surface area contributed by atoms with Crippen LogP contribution in [0, 0.1) is 13.8 Å². The highest BCUT2D eigenvalue weighted by atomic mass is 35.5. The Labute approximate surface area is 128 Å². The summed E-state index contributed by atoms with van der Waals surface area (Å²) in [5.74, 6) is -0.487. The molecule has 0 fully saturated rings. The molecule has 0 amide bonds. The lowest BCUT2D eigenvalue weighted by molar-refractivity contribution is 0.0998. The van der Waals surface area contributed by atoms with E-state index in [9.17, 15) is 9.59 Å². The molecule has 0 aliphatic heterocycles. The summed E-state index contributed by atoms with van der Waals surface area (Å²) >= 11 is 6.19. The van der Waals surface area contributed by atoms with Gasteiger partial charge < -0.3 is 0 Å². The molecule has 0 unspecified atom stereocenters. The average molecular weight is 297 g/mol. The summed E-state index contributed by atoms with van der Waals surface area (Å²) in [6.07, 6.45) is 0. The Hall–Kier alpha value is -2.19. The molecule has 0 saturated carbocycles. The van der Waals surface area contributed by atoms with Crippen LogP contribution < -0.4 is 0 Å². The van der Waals surface area contributed by atoms with Crippen LogP contribution in [-0.4, -0.2) is 11.6 Å².